The summed E-state index contributed by atoms with van der Waals surface area (Å²) in [6, 6.07) is 40.7. The van der Waals surface area contributed by atoms with Gasteiger partial charge in [0, 0.05) is 40.0 Å². The first kappa shape index (κ1) is 40.0. The molecule has 1 fully saturated rings. The Bertz CT molecular complexity index is 3000. The molecule has 4 aromatic heterocycles. The van der Waals surface area contributed by atoms with Crippen LogP contribution in [0.4, 0.5) is 0 Å². The van der Waals surface area contributed by atoms with Crippen molar-refractivity contribution in [3.63, 3.8) is 0 Å². The lowest BCUT2D eigenvalue weighted by Gasteiger charge is -2.32. The van der Waals surface area contributed by atoms with Gasteiger partial charge in [0.05, 0.1) is 22.6 Å². The average molecular weight is 800 g/mol. The monoisotopic (exact) mass is 799 g/mol. The lowest BCUT2D eigenvalue weighted by atomic mass is 9.75. The quantitative estimate of drug-likeness (QED) is 0.113. The fourth-order valence-corrected chi connectivity index (χ4v) is 8.23. The number of hydrogen-bond acceptors (Lipinski definition) is 6. The van der Waals surface area contributed by atoms with E-state index in [1.54, 1.807) is 0 Å². The van der Waals surface area contributed by atoms with Crippen molar-refractivity contribution < 1.29 is 13.7 Å². The van der Waals surface area contributed by atoms with E-state index in [9.17, 15) is 0 Å². The van der Waals surface area contributed by atoms with E-state index in [2.05, 4.69) is 169 Å². The number of rotatable bonds is 8. The van der Waals surface area contributed by atoms with Crippen LogP contribution >= 0.6 is 0 Å². The van der Waals surface area contributed by atoms with Gasteiger partial charge in [-0.1, -0.05) is 84.9 Å². The number of allylic oxidation sites excluding steroid dienone is 4. The zero-order valence-corrected chi connectivity index (χ0v) is 36.4. The first-order valence-electron chi connectivity index (χ1n) is 21.0. The molecule has 61 heavy (non-hydrogen) atoms. The standard InChI is InChI=1S/C54H50BN3O3/c1-10-14-43(36(5)39-23-25-50(57-32-39)46-16-13-15-44-45-24-18-35(4)58-52(45)59-51(44)46)40-29-41(31-42(30-40)55-60-53(6,7)54(8,9)61-55)48-28-34(3)33(2)27-47(48)37-19-21-38(22-20-37)49-17-11-12-26-56-49/h10-32H,1-9H3/b14-10-,43-36-. The minimum Gasteiger partial charge on any atom is -0.437 e. The minimum atomic E-state index is -0.551. The van der Waals surface area contributed by atoms with Gasteiger partial charge >= 0.3 is 7.12 Å². The van der Waals surface area contributed by atoms with E-state index in [-0.39, 0.29) is 0 Å². The minimum absolute atomic E-state index is 0.498. The second kappa shape index (κ2) is 15.6. The smallest absolute Gasteiger partial charge is 0.437 e. The number of para-hydroxylation sites is 1. The second-order valence-corrected chi connectivity index (χ2v) is 17.3. The summed E-state index contributed by atoms with van der Waals surface area (Å²) in [4.78, 5) is 14.3. The van der Waals surface area contributed by atoms with E-state index < -0.39 is 18.3 Å². The zero-order valence-electron chi connectivity index (χ0n) is 36.4. The number of benzene rings is 4. The maximum Gasteiger partial charge on any atom is 0.494 e. The van der Waals surface area contributed by atoms with Crippen molar-refractivity contribution in [2.24, 2.45) is 0 Å². The summed E-state index contributed by atoms with van der Waals surface area (Å²) in [5.74, 6) is 0. The summed E-state index contributed by atoms with van der Waals surface area (Å²) in [7, 11) is -0.551. The third-order valence-corrected chi connectivity index (χ3v) is 12.6. The molecule has 1 saturated heterocycles. The molecule has 0 amide bonds. The van der Waals surface area contributed by atoms with E-state index in [0.29, 0.717) is 5.71 Å². The Labute approximate surface area is 359 Å². The molecule has 1 aliphatic heterocycles. The van der Waals surface area contributed by atoms with Crippen molar-refractivity contribution in [2.75, 3.05) is 0 Å². The Hall–Kier alpha value is -6.41. The molecule has 6 nitrogen and oxygen atoms in total. The Kier molecular flexibility index (Phi) is 10.2. The average Bonchev–Trinajstić information content (AvgIpc) is 3.74. The number of fused-ring (bicyclic) bond motifs is 3. The van der Waals surface area contributed by atoms with Crippen LogP contribution in [-0.4, -0.2) is 33.3 Å². The first-order valence-corrected chi connectivity index (χ1v) is 21.0. The molecule has 0 N–H and O–H groups in total. The molecule has 0 aliphatic carbocycles. The van der Waals surface area contributed by atoms with Crippen molar-refractivity contribution in [2.45, 2.75) is 73.5 Å². The van der Waals surface area contributed by atoms with Gasteiger partial charge in [-0.05, 0) is 166 Å². The first-order chi connectivity index (χ1) is 29.3. The van der Waals surface area contributed by atoms with Gasteiger partial charge in [-0.25, -0.2) is 4.98 Å². The van der Waals surface area contributed by atoms with Crippen LogP contribution in [0.2, 0.25) is 0 Å². The maximum atomic E-state index is 6.72. The van der Waals surface area contributed by atoms with Gasteiger partial charge in [-0.2, -0.15) is 0 Å². The number of nitrogens with zero attached hydrogens (tertiary/aromatic N) is 3. The van der Waals surface area contributed by atoms with E-state index in [1.807, 2.05) is 43.6 Å². The number of aromatic nitrogens is 3. The van der Waals surface area contributed by atoms with Crippen LogP contribution in [0.25, 0.3) is 78.0 Å². The Balaban J connectivity index is 1.17. The molecule has 8 aromatic rings. The fourth-order valence-electron chi connectivity index (χ4n) is 8.23. The number of hydrogen-bond donors (Lipinski definition) is 0. The molecule has 0 saturated carbocycles. The molecule has 7 heteroatoms. The molecule has 9 rings (SSSR count). The van der Waals surface area contributed by atoms with Crippen LogP contribution in [0.3, 0.4) is 0 Å². The molecule has 302 valence electrons. The second-order valence-electron chi connectivity index (χ2n) is 17.3. The van der Waals surface area contributed by atoms with Crippen LogP contribution in [-0.2, 0) is 9.31 Å². The van der Waals surface area contributed by atoms with Crippen LogP contribution < -0.4 is 5.46 Å². The molecule has 1 aliphatic rings. The van der Waals surface area contributed by atoms with E-state index in [0.717, 1.165) is 94.6 Å². The predicted octanol–water partition coefficient (Wildman–Crippen LogP) is 13.2. The highest BCUT2D eigenvalue weighted by molar-refractivity contribution is 6.62. The predicted molar refractivity (Wildman–Crippen MR) is 253 cm³/mol. The topological polar surface area (TPSA) is 70.3 Å². The van der Waals surface area contributed by atoms with Gasteiger partial charge in [0.2, 0.25) is 5.71 Å². The van der Waals surface area contributed by atoms with Gasteiger partial charge in [0.1, 0.15) is 5.58 Å². The van der Waals surface area contributed by atoms with Crippen molar-refractivity contribution in [1.29, 1.82) is 0 Å². The Morgan fingerprint density at radius 1 is 0.623 bits per heavy atom. The third-order valence-electron chi connectivity index (χ3n) is 12.6. The molecular weight excluding hydrogens is 749 g/mol. The van der Waals surface area contributed by atoms with Crippen LogP contribution in [0.15, 0.2) is 144 Å². The van der Waals surface area contributed by atoms with Gasteiger partial charge in [-0.3, -0.25) is 9.97 Å². The summed E-state index contributed by atoms with van der Waals surface area (Å²) in [6.45, 7) is 19.0. The highest BCUT2D eigenvalue weighted by atomic mass is 16.7. The molecule has 0 atom stereocenters. The molecule has 5 heterocycles. The zero-order chi connectivity index (χ0) is 42.6. The van der Waals surface area contributed by atoms with E-state index in [1.165, 1.54) is 11.1 Å². The highest BCUT2D eigenvalue weighted by Gasteiger charge is 2.51. The fraction of sp³-hybridized carbons (Fsp3) is 0.204. The van der Waals surface area contributed by atoms with Crippen molar-refractivity contribution in [3.05, 3.63) is 168 Å². The summed E-state index contributed by atoms with van der Waals surface area (Å²) in [5.41, 5.74) is 17.4. The largest absolute Gasteiger partial charge is 0.494 e. The summed E-state index contributed by atoms with van der Waals surface area (Å²) in [5, 5.41) is 2.03. The normalized spacial score (nSPS) is 15.3. The molecule has 0 spiro atoms. The lowest BCUT2D eigenvalue weighted by molar-refractivity contribution is 0.00578. The Morgan fingerprint density at radius 2 is 1.34 bits per heavy atom. The van der Waals surface area contributed by atoms with Crippen LogP contribution in [0.5, 0.6) is 0 Å². The van der Waals surface area contributed by atoms with Crippen molar-refractivity contribution in [3.8, 4) is 44.8 Å². The molecule has 0 bridgehead atoms. The van der Waals surface area contributed by atoms with Gasteiger partial charge in [0.15, 0.2) is 0 Å². The lowest BCUT2D eigenvalue weighted by Crippen LogP contribution is -2.41. The maximum absolute atomic E-state index is 6.72. The molecular formula is C54H50BN3O3. The van der Waals surface area contributed by atoms with Crippen molar-refractivity contribution >= 4 is 45.8 Å². The van der Waals surface area contributed by atoms with Crippen LogP contribution in [0.1, 0.15) is 69.5 Å². The third kappa shape index (κ3) is 7.43. The van der Waals surface area contributed by atoms with Crippen LogP contribution in [0, 0.1) is 20.8 Å². The molecule has 4 aromatic carbocycles. The number of pyridine rings is 3. The Morgan fingerprint density at radius 3 is 2.02 bits per heavy atom. The van der Waals surface area contributed by atoms with E-state index in [4.69, 9.17) is 18.7 Å². The highest BCUT2D eigenvalue weighted by Crippen LogP contribution is 2.41. The van der Waals surface area contributed by atoms with Gasteiger partial charge in [-0.15, -0.1) is 0 Å². The SMILES string of the molecule is C/C=C\C(=C(/C)c1ccc(-c2cccc3c2oc2nc(C)ccc23)nc1)c1cc(B2OC(C)(C)C(C)(C)O2)cc(-c2cc(C)c(C)cc2-c2ccc(-c3ccccn3)cc2)c1. The summed E-state index contributed by atoms with van der Waals surface area (Å²) >= 11 is 0. The number of aryl methyl sites for hydroxylation is 3. The summed E-state index contributed by atoms with van der Waals surface area (Å²) in [6.07, 6.45) is 8.09. The van der Waals surface area contributed by atoms with E-state index >= 15 is 0 Å². The molecule has 0 unspecified atom stereocenters. The van der Waals surface area contributed by atoms with Gasteiger partial charge < -0.3 is 13.7 Å². The van der Waals surface area contributed by atoms with Crippen molar-refractivity contribution in [1.82, 2.24) is 15.0 Å². The summed E-state index contributed by atoms with van der Waals surface area (Å²) < 4.78 is 19.8. The number of furan rings is 1. The van der Waals surface area contributed by atoms with Gasteiger partial charge in [0.25, 0.3) is 0 Å². The molecule has 0 radical (unpaired) electrons.